The van der Waals surface area contributed by atoms with Crippen LogP contribution in [0.4, 0.5) is 0 Å². The summed E-state index contributed by atoms with van der Waals surface area (Å²) in [5, 5.41) is 0. The van der Waals surface area contributed by atoms with Gasteiger partial charge in [-0.05, 0) is 17.7 Å². The lowest BCUT2D eigenvalue weighted by atomic mass is 10.2. The molecular formula is C9H14ClNO2S. The lowest BCUT2D eigenvalue weighted by Crippen LogP contribution is -2.05. The summed E-state index contributed by atoms with van der Waals surface area (Å²) in [6, 6.07) is 6.75. The highest BCUT2D eigenvalue weighted by Gasteiger charge is 2.10. The Balaban J connectivity index is 0.00000169. The summed E-state index contributed by atoms with van der Waals surface area (Å²) in [7, 11) is -3.09. The van der Waals surface area contributed by atoms with Crippen molar-refractivity contribution in [2.45, 2.75) is 18.4 Å². The SMILES string of the molecule is CCS(=O)(=O)c1cccc(CN)c1.Cl. The molecule has 0 aliphatic rings. The maximum Gasteiger partial charge on any atom is 0.178 e. The van der Waals surface area contributed by atoms with Crippen LogP contribution in [0.2, 0.25) is 0 Å². The monoisotopic (exact) mass is 235 g/mol. The number of rotatable bonds is 3. The Morgan fingerprint density at radius 1 is 1.36 bits per heavy atom. The first-order chi connectivity index (χ1) is 6.10. The summed E-state index contributed by atoms with van der Waals surface area (Å²) < 4.78 is 22.9. The molecule has 1 aromatic rings. The molecule has 0 aromatic heterocycles. The van der Waals surface area contributed by atoms with Gasteiger partial charge in [0.05, 0.1) is 10.6 Å². The Morgan fingerprint density at radius 3 is 2.50 bits per heavy atom. The molecule has 0 radical (unpaired) electrons. The van der Waals surface area contributed by atoms with Gasteiger partial charge in [0.1, 0.15) is 0 Å². The Labute approximate surface area is 90.6 Å². The second kappa shape index (κ2) is 5.34. The molecule has 0 unspecified atom stereocenters. The standard InChI is InChI=1S/C9H13NO2S.ClH/c1-2-13(11,12)9-5-3-4-8(6-9)7-10;/h3-6H,2,7,10H2,1H3;1H. The van der Waals surface area contributed by atoms with Gasteiger partial charge in [0.25, 0.3) is 0 Å². The molecule has 3 nitrogen and oxygen atoms in total. The molecule has 0 fully saturated rings. The summed E-state index contributed by atoms with van der Waals surface area (Å²) in [5.41, 5.74) is 6.25. The molecule has 0 heterocycles. The zero-order valence-electron chi connectivity index (χ0n) is 7.93. The second-order valence-corrected chi connectivity index (χ2v) is 5.03. The van der Waals surface area contributed by atoms with Gasteiger partial charge in [-0.25, -0.2) is 8.42 Å². The molecule has 0 atom stereocenters. The van der Waals surface area contributed by atoms with Crippen molar-refractivity contribution >= 4 is 22.2 Å². The van der Waals surface area contributed by atoms with Crippen molar-refractivity contribution in [1.29, 1.82) is 0 Å². The van der Waals surface area contributed by atoms with Gasteiger partial charge in [-0.2, -0.15) is 0 Å². The third-order valence-electron chi connectivity index (χ3n) is 1.87. The molecule has 1 rings (SSSR count). The van der Waals surface area contributed by atoms with Crippen LogP contribution < -0.4 is 5.73 Å². The number of sulfone groups is 1. The van der Waals surface area contributed by atoms with E-state index < -0.39 is 9.84 Å². The zero-order valence-corrected chi connectivity index (χ0v) is 9.57. The predicted octanol–water partition coefficient (Wildman–Crippen LogP) is 1.36. The van der Waals surface area contributed by atoms with E-state index in [1.807, 2.05) is 6.07 Å². The van der Waals surface area contributed by atoms with Crippen LogP contribution in [0.5, 0.6) is 0 Å². The van der Waals surface area contributed by atoms with Gasteiger partial charge < -0.3 is 5.73 Å². The molecule has 0 aliphatic carbocycles. The fraction of sp³-hybridized carbons (Fsp3) is 0.333. The van der Waals surface area contributed by atoms with Crippen LogP contribution in [0.1, 0.15) is 12.5 Å². The molecule has 5 heteroatoms. The summed E-state index contributed by atoms with van der Waals surface area (Å²) in [5.74, 6) is 0.126. The largest absolute Gasteiger partial charge is 0.326 e. The van der Waals surface area contributed by atoms with Crippen molar-refractivity contribution in [3.05, 3.63) is 29.8 Å². The van der Waals surface area contributed by atoms with Gasteiger partial charge in [0.2, 0.25) is 0 Å². The van der Waals surface area contributed by atoms with Gasteiger partial charge >= 0.3 is 0 Å². The van der Waals surface area contributed by atoms with Gasteiger partial charge in [0.15, 0.2) is 9.84 Å². The van der Waals surface area contributed by atoms with Gasteiger partial charge in [0, 0.05) is 6.54 Å². The fourth-order valence-corrected chi connectivity index (χ4v) is 1.98. The number of hydrogen-bond acceptors (Lipinski definition) is 3. The van der Waals surface area contributed by atoms with Crippen molar-refractivity contribution < 1.29 is 8.42 Å². The van der Waals surface area contributed by atoms with E-state index in [0.29, 0.717) is 11.4 Å². The maximum absolute atomic E-state index is 11.4. The highest BCUT2D eigenvalue weighted by molar-refractivity contribution is 7.91. The van der Waals surface area contributed by atoms with Crippen molar-refractivity contribution in [1.82, 2.24) is 0 Å². The third-order valence-corrected chi connectivity index (χ3v) is 3.61. The number of benzene rings is 1. The summed E-state index contributed by atoms with van der Waals surface area (Å²) in [4.78, 5) is 0.359. The van der Waals surface area contributed by atoms with Crippen LogP contribution in [-0.4, -0.2) is 14.2 Å². The third kappa shape index (κ3) is 2.97. The van der Waals surface area contributed by atoms with E-state index in [-0.39, 0.29) is 18.2 Å². The molecule has 0 spiro atoms. The molecule has 0 bridgehead atoms. The minimum absolute atomic E-state index is 0. The van der Waals surface area contributed by atoms with Crippen molar-refractivity contribution in [3.63, 3.8) is 0 Å². The first-order valence-corrected chi connectivity index (χ1v) is 5.77. The zero-order chi connectivity index (χ0) is 9.90. The minimum atomic E-state index is -3.09. The Bertz CT molecular complexity index is 390. The summed E-state index contributed by atoms with van der Waals surface area (Å²) >= 11 is 0. The van der Waals surface area contributed by atoms with Gasteiger partial charge in [-0.1, -0.05) is 19.1 Å². The predicted molar refractivity (Wildman–Crippen MR) is 59.3 cm³/mol. The van der Waals surface area contributed by atoms with Crippen LogP contribution in [0.25, 0.3) is 0 Å². The molecule has 14 heavy (non-hydrogen) atoms. The van der Waals surface area contributed by atoms with E-state index in [4.69, 9.17) is 5.73 Å². The number of nitrogens with two attached hydrogens (primary N) is 1. The molecule has 80 valence electrons. The van der Waals surface area contributed by atoms with Crippen LogP contribution in [0.3, 0.4) is 0 Å². The lowest BCUT2D eigenvalue weighted by molar-refractivity contribution is 0.597. The lowest BCUT2D eigenvalue weighted by Gasteiger charge is -2.02. The van der Waals surface area contributed by atoms with E-state index in [2.05, 4.69) is 0 Å². The van der Waals surface area contributed by atoms with Crippen LogP contribution in [-0.2, 0) is 16.4 Å². The normalized spacial score (nSPS) is 10.7. The van der Waals surface area contributed by atoms with Crippen molar-refractivity contribution in [2.24, 2.45) is 5.73 Å². The Morgan fingerprint density at radius 2 is 2.00 bits per heavy atom. The topological polar surface area (TPSA) is 60.2 Å². The molecule has 1 aromatic carbocycles. The maximum atomic E-state index is 11.4. The first kappa shape index (κ1) is 13.4. The van der Waals surface area contributed by atoms with E-state index in [9.17, 15) is 8.42 Å². The molecule has 0 amide bonds. The van der Waals surface area contributed by atoms with Crippen molar-refractivity contribution in [2.75, 3.05) is 5.75 Å². The quantitative estimate of drug-likeness (QED) is 0.861. The van der Waals surface area contributed by atoms with Crippen LogP contribution in [0.15, 0.2) is 29.2 Å². The summed E-state index contributed by atoms with van der Waals surface area (Å²) in [6.07, 6.45) is 0. The smallest absolute Gasteiger partial charge is 0.178 e. The van der Waals surface area contributed by atoms with E-state index >= 15 is 0 Å². The van der Waals surface area contributed by atoms with Gasteiger partial charge in [-0.15, -0.1) is 12.4 Å². The Kier molecular flexibility index (Phi) is 5.12. The van der Waals surface area contributed by atoms with Crippen LogP contribution >= 0.6 is 12.4 Å². The van der Waals surface area contributed by atoms with E-state index in [1.54, 1.807) is 25.1 Å². The molecule has 0 aliphatic heterocycles. The highest BCUT2D eigenvalue weighted by atomic mass is 35.5. The molecular weight excluding hydrogens is 222 g/mol. The van der Waals surface area contributed by atoms with Crippen LogP contribution in [0, 0.1) is 0 Å². The van der Waals surface area contributed by atoms with Gasteiger partial charge in [-0.3, -0.25) is 0 Å². The highest BCUT2D eigenvalue weighted by Crippen LogP contribution is 2.12. The molecule has 0 saturated carbocycles. The second-order valence-electron chi connectivity index (χ2n) is 2.75. The molecule has 0 saturated heterocycles. The van der Waals surface area contributed by atoms with Crippen molar-refractivity contribution in [3.8, 4) is 0 Å². The fourth-order valence-electron chi connectivity index (χ4n) is 1.03. The Hall–Kier alpha value is -0.580. The average molecular weight is 236 g/mol. The average Bonchev–Trinajstić information content (AvgIpc) is 2.18. The summed E-state index contributed by atoms with van der Waals surface area (Å²) in [6.45, 7) is 2.00. The number of hydrogen-bond donors (Lipinski definition) is 1. The molecule has 2 N–H and O–H groups in total. The minimum Gasteiger partial charge on any atom is -0.326 e. The van der Waals surface area contributed by atoms with E-state index in [0.717, 1.165) is 5.56 Å². The number of halogens is 1. The first-order valence-electron chi connectivity index (χ1n) is 4.12. The van der Waals surface area contributed by atoms with E-state index in [1.165, 1.54) is 0 Å².